The van der Waals surface area contributed by atoms with E-state index in [1.54, 1.807) is 25.1 Å². The van der Waals surface area contributed by atoms with Crippen molar-refractivity contribution < 1.29 is 18.5 Å². The Labute approximate surface area is 142 Å². The van der Waals surface area contributed by atoms with Gasteiger partial charge >= 0.3 is 5.97 Å². The molecule has 2 aromatic carbocycles. The highest BCUT2D eigenvalue weighted by molar-refractivity contribution is 5.98. The zero-order valence-electron chi connectivity index (χ0n) is 13.3. The lowest BCUT2D eigenvalue weighted by atomic mass is 10.1. The Morgan fingerprint density at radius 1 is 1.12 bits per heavy atom. The van der Waals surface area contributed by atoms with Crippen LogP contribution in [0.3, 0.4) is 0 Å². The van der Waals surface area contributed by atoms with Crippen molar-refractivity contribution in [1.29, 1.82) is 0 Å². The summed E-state index contributed by atoms with van der Waals surface area (Å²) in [5.41, 5.74) is 1.95. The molecule has 25 heavy (non-hydrogen) atoms. The maximum Gasteiger partial charge on any atom is 0.338 e. The maximum atomic E-state index is 12.3. The Balaban J connectivity index is 1.61. The van der Waals surface area contributed by atoms with Crippen molar-refractivity contribution in [3.05, 3.63) is 65.9 Å². The quantitative estimate of drug-likeness (QED) is 0.527. The normalized spacial score (nSPS) is 10.9. The highest BCUT2D eigenvalue weighted by atomic mass is 16.5. The van der Waals surface area contributed by atoms with Crippen LogP contribution in [0.2, 0.25) is 0 Å². The molecule has 0 saturated heterocycles. The predicted octanol–water partition coefficient (Wildman–Crippen LogP) is 3.54. The molecular formula is C18H13N3O4. The van der Waals surface area contributed by atoms with E-state index in [9.17, 15) is 4.79 Å². The van der Waals surface area contributed by atoms with E-state index in [2.05, 4.69) is 15.4 Å². The Bertz CT molecular complexity index is 1040. The number of hydrogen-bond acceptors (Lipinski definition) is 7. The van der Waals surface area contributed by atoms with Crippen molar-refractivity contribution in [1.82, 2.24) is 15.4 Å². The number of benzene rings is 2. The fourth-order valence-corrected chi connectivity index (χ4v) is 2.47. The van der Waals surface area contributed by atoms with Crippen LogP contribution in [0, 0.1) is 6.92 Å². The number of aryl methyl sites for hydroxylation is 1. The molecule has 0 N–H and O–H groups in total. The lowest BCUT2D eigenvalue weighted by Gasteiger charge is -2.02. The van der Waals surface area contributed by atoms with Crippen LogP contribution >= 0.6 is 0 Å². The summed E-state index contributed by atoms with van der Waals surface area (Å²) in [6.45, 7) is 1.59. The van der Waals surface area contributed by atoms with E-state index in [1.807, 2.05) is 30.3 Å². The van der Waals surface area contributed by atoms with Gasteiger partial charge < -0.3 is 13.7 Å². The summed E-state index contributed by atoms with van der Waals surface area (Å²) in [5.74, 6) is 0.794. The standard InChI is InChI=1S/C18H13N3O4/c1-11-19-20-16(24-11)10-23-18(22)13-7-8-15-14(9-13)17(25-21-15)12-5-3-2-4-6-12/h2-9H,10H2,1H3. The molecule has 0 aliphatic carbocycles. The molecule has 0 atom stereocenters. The van der Waals surface area contributed by atoms with Gasteiger partial charge in [0.25, 0.3) is 5.89 Å². The molecule has 0 saturated carbocycles. The monoisotopic (exact) mass is 335 g/mol. The highest BCUT2D eigenvalue weighted by Crippen LogP contribution is 2.29. The van der Waals surface area contributed by atoms with Gasteiger partial charge in [0.1, 0.15) is 5.52 Å². The van der Waals surface area contributed by atoms with Crippen LogP contribution in [0.4, 0.5) is 0 Å². The Hall–Kier alpha value is -3.48. The summed E-state index contributed by atoms with van der Waals surface area (Å²) in [6.07, 6.45) is 0. The third kappa shape index (κ3) is 2.99. The van der Waals surface area contributed by atoms with E-state index in [4.69, 9.17) is 13.7 Å². The van der Waals surface area contributed by atoms with Crippen molar-refractivity contribution in [3.8, 4) is 11.3 Å². The molecular weight excluding hydrogens is 322 g/mol. The SMILES string of the molecule is Cc1nnc(COC(=O)c2ccc3noc(-c4ccccc4)c3c2)o1. The average Bonchev–Trinajstić information content (AvgIpc) is 3.26. The van der Waals surface area contributed by atoms with E-state index in [-0.39, 0.29) is 12.5 Å². The van der Waals surface area contributed by atoms with E-state index < -0.39 is 5.97 Å². The van der Waals surface area contributed by atoms with E-state index in [0.29, 0.717) is 22.7 Å². The van der Waals surface area contributed by atoms with Crippen LogP contribution in [0.25, 0.3) is 22.2 Å². The first-order valence-electron chi connectivity index (χ1n) is 7.61. The van der Waals surface area contributed by atoms with E-state index >= 15 is 0 Å². The van der Waals surface area contributed by atoms with Crippen molar-refractivity contribution in [2.24, 2.45) is 0 Å². The van der Waals surface area contributed by atoms with Gasteiger partial charge in [-0.25, -0.2) is 4.79 Å². The Kier molecular flexibility index (Phi) is 3.74. The number of aromatic nitrogens is 3. The number of carbonyl (C=O) groups excluding carboxylic acids is 1. The number of ether oxygens (including phenoxy) is 1. The number of hydrogen-bond donors (Lipinski definition) is 0. The zero-order valence-corrected chi connectivity index (χ0v) is 13.3. The lowest BCUT2D eigenvalue weighted by Crippen LogP contribution is -2.05. The molecule has 2 aromatic heterocycles. The van der Waals surface area contributed by atoms with Crippen LogP contribution in [-0.2, 0) is 11.3 Å². The molecule has 7 heteroatoms. The van der Waals surface area contributed by atoms with Gasteiger partial charge in [0, 0.05) is 12.5 Å². The third-order valence-corrected chi connectivity index (χ3v) is 3.64. The second kappa shape index (κ2) is 6.20. The zero-order chi connectivity index (χ0) is 17.2. The van der Waals surface area contributed by atoms with Crippen molar-refractivity contribution in [3.63, 3.8) is 0 Å². The van der Waals surface area contributed by atoms with Gasteiger partial charge in [-0.3, -0.25) is 0 Å². The molecule has 4 aromatic rings. The van der Waals surface area contributed by atoms with Gasteiger partial charge in [-0.2, -0.15) is 0 Å². The highest BCUT2D eigenvalue weighted by Gasteiger charge is 2.15. The lowest BCUT2D eigenvalue weighted by molar-refractivity contribution is 0.0437. The van der Waals surface area contributed by atoms with Crippen molar-refractivity contribution in [2.45, 2.75) is 13.5 Å². The minimum atomic E-state index is -0.488. The van der Waals surface area contributed by atoms with Crippen LogP contribution in [0.1, 0.15) is 22.1 Å². The van der Waals surface area contributed by atoms with Gasteiger partial charge in [0.05, 0.1) is 10.9 Å². The van der Waals surface area contributed by atoms with Gasteiger partial charge in [-0.1, -0.05) is 35.5 Å². The molecule has 0 fully saturated rings. The first-order valence-corrected chi connectivity index (χ1v) is 7.61. The number of nitrogens with zero attached hydrogens (tertiary/aromatic N) is 3. The molecule has 124 valence electrons. The van der Waals surface area contributed by atoms with Crippen LogP contribution in [-0.4, -0.2) is 21.3 Å². The summed E-state index contributed by atoms with van der Waals surface area (Å²) in [4.78, 5) is 12.3. The van der Waals surface area contributed by atoms with Gasteiger partial charge in [0.2, 0.25) is 5.89 Å². The molecule has 0 aliphatic heterocycles. The van der Waals surface area contributed by atoms with Gasteiger partial charge in [0.15, 0.2) is 12.4 Å². The number of fused-ring (bicyclic) bond motifs is 1. The molecule has 7 nitrogen and oxygen atoms in total. The van der Waals surface area contributed by atoms with Gasteiger partial charge in [-0.05, 0) is 18.2 Å². The predicted molar refractivity (Wildman–Crippen MR) is 87.6 cm³/mol. The smallest absolute Gasteiger partial charge is 0.338 e. The molecule has 0 aliphatic rings. The third-order valence-electron chi connectivity index (χ3n) is 3.64. The van der Waals surface area contributed by atoms with E-state index in [1.165, 1.54) is 0 Å². The minimum Gasteiger partial charge on any atom is -0.452 e. The number of carbonyl (C=O) groups is 1. The summed E-state index contributed by atoms with van der Waals surface area (Å²) in [6, 6.07) is 14.6. The largest absolute Gasteiger partial charge is 0.452 e. The molecule has 0 spiro atoms. The second-order valence-electron chi connectivity index (χ2n) is 5.40. The molecule has 2 heterocycles. The Morgan fingerprint density at radius 3 is 2.72 bits per heavy atom. The summed E-state index contributed by atoms with van der Waals surface area (Å²) >= 11 is 0. The molecule has 0 radical (unpaired) electrons. The number of rotatable bonds is 4. The topological polar surface area (TPSA) is 91.2 Å². The van der Waals surface area contributed by atoms with Crippen LogP contribution in [0.15, 0.2) is 57.5 Å². The maximum absolute atomic E-state index is 12.3. The number of esters is 1. The fraction of sp³-hybridized carbons (Fsp3) is 0.111. The van der Waals surface area contributed by atoms with Crippen molar-refractivity contribution in [2.75, 3.05) is 0 Å². The molecule has 0 unspecified atom stereocenters. The van der Waals surface area contributed by atoms with Gasteiger partial charge in [-0.15, -0.1) is 10.2 Å². The summed E-state index contributed by atoms with van der Waals surface area (Å²) in [7, 11) is 0. The fourth-order valence-electron chi connectivity index (χ4n) is 2.47. The van der Waals surface area contributed by atoms with Crippen molar-refractivity contribution >= 4 is 16.9 Å². The Morgan fingerprint density at radius 2 is 1.96 bits per heavy atom. The molecule has 4 rings (SSSR count). The first-order chi connectivity index (χ1) is 12.2. The minimum absolute atomic E-state index is 0.0765. The van der Waals surface area contributed by atoms with Crippen LogP contribution in [0.5, 0.6) is 0 Å². The summed E-state index contributed by atoms with van der Waals surface area (Å²) in [5, 5.41) is 12.3. The second-order valence-corrected chi connectivity index (χ2v) is 5.40. The van der Waals surface area contributed by atoms with Crippen LogP contribution < -0.4 is 0 Å². The average molecular weight is 335 g/mol. The summed E-state index contributed by atoms with van der Waals surface area (Å²) < 4.78 is 15.8. The molecule has 0 bridgehead atoms. The van der Waals surface area contributed by atoms with E-state index in [0.717, 1.165) is 10.9 Å². The first kappa shape index (κ1) is 15.1. The molecule has 0 amide bonds.